The Morgan fingerprint density at radius 2 is 2.12 bits per heavy atom. The number of rotatable bonds is 6. The number of benzene rings is 2. The average Bonchev–Trinajstić information content (AvgIpc) is 2.66. The molecule has 0 aliphatic carbocycles. The first kappa shape index (κ1) is 19.2. The molecule has 0 amide bonds. The average molecular weight is 433 g/mol. The van der Waals surface area contributed by atoms with Gasteiger partial charge in [-0.3, -0.25) is 4.90 Å². The van der Waals surface area contributed by atoms with E-state index >= 15 is 0 Å². The van der Waals surface area contributed by atoms with Crippen molar-refractivity contribution in [1.82, 2.24) is 4.90 Å². The smallest absolute Gasteiger partial charge is 0.119 e. The summed E-state index contributed by atoms with van der Waals surface area (Å²) < 4.78 is 6.73. The third kappa shape index (κ3) is 4.80. The van der Waals surface area contributed by atoms with Crippen molar-refractivity contribution in [3.63, 3.8) is 0 Å². The topological polar surface area (TPSA) is 56.5 Å². The first-order valence-corrected chi connectivity index (χ1v) is 10.3. The molecule has 1 aliphatic heterocycles. The zero-order valence-corrected chi connectivity index (χ0v) is 17.0. The molecule has 1 aliphatic rings. The molecule has 0 spiro atoms. The van der Waals surface area contributed by atoms with Crippen molar-refractivity contribution in [3.05, 3.63) is 58.1 Å². The number of hydrogen-bond donors (Lipinski definition) is 1. The Balaban J connectivity index is 1.57. The highest BCUT2D eigenvalue weighted by Gasteiger charge is 2.25. The summed E-state index contributed by atoms with van der Waals surface area (Å²) >= 11 is 5.45. The van der Waals surface area contributed by atoms with Crippen LogP contribution in [0.2, 0.25) is 0 Å². The van der Waals surface area contributed by atoms with E-state index in [4.69, 9.17) is 10.00 Å². The molecule has 2 atom stereocenters. The van der Waals surface area contributed by atoms with Gasteiger partial charge >= 0.3 is 0 Å². The standard InChI is InChI=1S/C20H21BrN2O2S/c1-23(19-8-9-26-20-7-4-15(21)10-18(19)20)12-16(24)13-25-17-5-2-14(11-22)3-6-17/h2-7,10,16,19,24H,8-9,12-13H2,1H3. The largest absolute Gasteiger partial charge is 0.491 e. The third-order valence-electron chi connectivity index (χ3n) is 4.44. The summed E-state index contributed by atoms with van der Waals surface area (Å²) in [4.78, 5) is 3.53. The predicted molar refractivity (Wildman–Crippen MR) is 108 cm³/mol. The molecule has 6 heteroatoms. The minimum absolute atomic E-state index is 0.225. The second-order valence-corrected chi connectivity index (χ2v) is 8.43. The van der Waals surface area contributed by atoms with Crippen molar-refractivity contribution < 1.29 is 9.84 Å². The van der Waals surface area contributed by atoms with Crippen molar-refractivity contribution in [2.45, 2.75) is 23.5 Å². The second kappa shape index (κ2) is 8.92. The van der Waals surface area contributed by atoms with Crippen molar-refractivity contribution in [3.8, 4) is 11.8 Å². The number of hydrogen-bond acceptors (Lipinski definition) is 5. The summed E-state index contributed by atoms with van der Waals surface area (Å²) in [6.07, 6.45) is 0.481. The van der Waals surface area contributed by atoms with E-state index in [0.717, 1.165) is 16.6 Å². The molecule has 0 saturated carbocycles. The highest BCUT2D eigenvalue weighted by atomic mass is 79.9. The van der Waals surface area contributed by atoms with Crippen LogP contribution in [0.4, 0.5) is 0 Å². The summed E-state index contributed by atoms with van der Waals surface area (Å²) in [6, 6.07) is 15.7. The van der Waals surface area contributed by atoms with E-state index in [9.17, 15) is 5.11 Å². The zero-order chi connectivity index (χ0) is 18.5. The number of thioether (sulfide) groups is 1. The van der Waals surface area contributed by atoms with Crippen LogP contribution in [0.25, 0.3) is 0 Å². The molecule has 26 heavy (non-hydrogen) atoms. The Kier molecular flexibility index (Phi) is 6.60. The summed E-state index contributed by atoms with van der Waals surface area (Å²) in [7, 11) is 2.05. The van der Waals surface area contributed by atoms with Gasteiger partial charge in [0.1, 0.15) is 18.5 Å². The van der Waals surface area contributed by atoms with Crippen LogP contribution in [0, 0.1) is 11.3 Å². The van der Waals surface area contributed by atoms with Gasteiger partial charge in [-0.15, -0.1) is 11.8 Å². The molecule has 4 nitrogen and oxygen atoms in total. The molecule has 0 saturated heterocycles. The Labute approximate surface area is 166 Å². The Bertz CT molecular complexity index is 791. The maximum Gasteiger partial charge on any atom is 0.119 e. The SMILES string of the molecule is CN(CC(O)COc1ccc(C#N)cc1)C1CCSc2ccc(Br)cc21. The Hall–Kier alpha value is -1.52. The van der Waals surface area contributed by atoms with Gasteiger partial charge in [-0.05, 0) is 67.2 Å². The summed E-state index contributed by atoms with van der Waals surface area (Å²) in [6.45, 7) is 0.765. The van der Waals surface area contributed by atoms with Gasteiger partial charge in [0.2, 0.25) is 0 Å². The summed E-state index contributed by atoms with van der Waals surface area (Å²) in [5.41, 5.74) is 1.91. The van der Waals surface area contributed by atoms with E-state index < -0.39 is 6.10 Å². The molecule has 3 rings (SSSR count). The fraction of sp³-hybridized carbons (Fsp3) is 0.350. The van der Waals surface area contributed by atoms with Crippen LogP contribution in [0.15, 0.2) is 51.8 Å². The van der Waals surface area contributed by atoms with E-state index in [0.29, 0.717) is 23.9 Å². The molecule has 136 valence electrons. The fourth-order valence-electron chi connectivity index (χ4n) is 3.14. The van der Waals surface area contributed by atoms with Gasteiger partial charge < -0.3 is 9.84 Å². The lowest BCUT2D eigenvalue weighted by molar-refractivity contribution is 0.0616. The molecular weight excluding hydrogens is 412 g/mol. The number of nitrogens with zero attached hydrogens (tertiary/aromatic N) is 2. The molecule has 0 radical (unpaired) electrons. The van der Waals surface area contributed by atoms with Crippen LogP contribution in [0.1, 0.15) is 23.6 Å². The maximum absolute atomic E-state index is 10.4. The lowest BCUT2D eigenvalue weighted by Gasteiger charge is -2.34. The number of ether oxygens (including phenoxy) is 1. The normalized spacial score (nSPS) is 17.4. The van der Waals surface area contributed by atoms with Gasteiger partial charge in [-0.2, -0.15) is 5.26 Å². The first-order valence-electron chi connectivity index (χ1n) is 8.50. The van der Waals surface area contributed by atoms with Gasteiger partial charge in [0.25, 0.3) is 0 Å². The van der Waals surface area contributed by atoms with Crippen molar-refractivity contribution in [2.24, 2.45) is 0 Å². The first-order chi connectivity index (χ1) is 12.6. The minimum Gasteiger partial charge on any atom is -0.491 e. The molecule has 0 fully saturated rings. The fourth-order valence-corrected chi connectivity index (χ4v) is 4.60. The predicted octanol–water partition coefficient (Wildman–Crippen LogP) is 4.23. The van der Waals surface area contributed by atoms with Crippen molar-refractivity contribution in [2.75, 3.05) is 26.0 Å². The van der Waals surface area contributed by atoms with E-state index in [-0.39, 0.29) is 6.61 Å². The Morgan fingerprint density at radius 1 is 1.35 bits per heavy atom. The van der Waals surface area contributed by atoms with Crippen LogP contribution in [-0.2, 0) is 0 Å². The van der Waals surface area contributed by atoms with E-state index in [1.165, 1.54) is 10.5 Å². The lowest BCUT2D eigenvalue weighted by atomic mass is 10.0. The molecule has 2 aromatic carbocycles. The molecule has 0 aromatic heterocycles. The van der Waals surface area contributed by atoms with Crippen LogP contribution < -0.4 is 4.74 Å². The molecule has 0 bridgehead atoms. The quantitative estimate of drug-likeness (QED) is 0.739. The van der Waals surface area contributed by atoms with Gasteiger partial charge in [0.05, 0.1) is 11.6 Å². The summed E-state index contributed by atoms with van der Waals surface area (Å²) in [5, 5.41) is 19.2. The van der Waals surface area contributed by atoms with Gasteiger partial charge in [-0.1, -0.05) is 15.9 Å². The maximum atomic E-state index is 10.4. The lowest BCUT2D eigenvalue weighted by Crippen LogP contribution is -2.36. The van der Waals surface area contributed by atoms with Crippen molar-refractivity contribution >= 4 is 27.7 Å². The van der Waals surface area contributed by atoms with Crippen LogP contribution in [0.3, 0.4) is 0 Å². The monoisotopic (exact) mass is 432 g/mol. The Morgan fingerprint density at radius 3 is 2.85 bits per heavy atom. The number of aliphatic hydroxyl groups excluding tert-OH is 1. The molecule has 1 N–H and O–H groups in total. The molecular formula is C20H21BrN2O2S. The number of halogens is 1. The third-order valence-corrected chi connectivity index (χ3v) is 6.05. The van der Waals surface area contributed by atoms with Gasteiger partial charge in [0.15, 0.2) is 0 Å². The van der Waals surface area contributed by atoms with E-state index in [2.05, 4.69) is 52.1 Å². The number of fused-ring (bicyclic) bond motifs is 1. The number of nitriles is 1. The van der Waals surface area contributed by atoms with E-state index in [1.807, 2.05) is 11.8 Å². The van der Waals surface area contributed by atoms with Crippen molar-refractivity contribution in [1.29, 1.82) is 5.26 Å². The molecule has 2 unspecified atom stereocenters. The van der Waals surface area contributed by atoms with Crippen LogP contribution >= 0.6 is 27.7 Å². The second-order valence-electron chi connectivity index (χ2n) is 6.38. The van der Waals surface area contributed by atoms with Crippen LogP contribution in [-0.4, -0.2) is 42.1 Å². The number of aliphatic hydroxyl groups is 1. The molecule has 2 aromatic rings. The highest BCUT2D eigenvalue weighted by molar-refractivity contribution is 9.10. The zero-order valence-electron chi connectivity index (χ0n) is 14.6. The van der Waals surface area contributed by atoms with Crippen LogP contribution in [0.5, 0.6) is 5.75 Å². The highest BCUT2D eigenvalue weighted by Crippen LogP contribution is 2.40. The number of likely N-dealkylation sites (N-methyl/N-ethyl adjacent to an activating group) is 1. The van der Waals surface area contributed by atoms with Gasteiger partial charge in [-0.25, -0.2) is 0 Å². The minimum atomic E-state index is -0.583. The van der Waals surface area contributed by atoms with E-state index in [1.54, 1.807) is 24.3 Å². The van der Waals surface area contributed by atoms with Gasteiger partial charge in [0, 0.05) is 22.0 Å². The molecule has 1 heterocycles. The summed E-state index contributed by atoms with van der Waals surface area (Å²) in [5.74, 6) is 1.75.